The minimum atomic E-state index is 0.0287. The van der Waals surface area contributed by atoms with E-state index >= 15 is 0 Å². The second kappa shape index (κ2) is 7.13. The van der Waals surface area contributed by atoms with Crippen molar-refractivity contribution < 1.29 is 9.53 Å². The van der Waals surface area contributed by atoms with E-state index in [4.69, 9.17) is 22.1 Å². The van der Waals surface area contributed by atoms with E-state index in [0.29, 0.717) is 29.7 Å². The number of aryl methyl sites for hydroxylation is 1. The molecule has 0 saturated carbocycles. The van der Waals surface area contributed by atoms with Crippen molar-refractivity contribution in [1.82, 2.24) is 14.7 Å². The highest BCUT2D eigenvalue weighted by molar-refractivity contribution is 6.32. The number of carbonyl (C=O) groups is 1. The number of rotatable bonds is 4. The van der Waals surface area contributed by atoms with Gasteiger partial charge in [-0.1, -0.05) is 23.7 Å². The SMILES string of the molecule is Cc1cc(N)n(CC(=O)N2CCC(Oc3ccccc3Cl)CC2)n1. The first-order chi connectivity index (χ1) is 11.5. The van der Waals surface area contributed by atoms with Crippen LogP contribution in [0.3, 0.4) is 0 Å². The average molecular weight is 349 g/mol. The molecule has 128 valence electrons. The Morgan fingerprint density at radius 3 is 2.71 bits per heavy atom. The minimum absolute atomic E-state index is 0.0287. The van der Waals surface area contributed by atoms with Crippen LogP contribution in [0.15, 0.2) is 30.3 Å². The summed E-state index contributed by atoms with van der Waals surface area (Å²) in [7, 11) is 0. The lowest BCUT2D eigenvalue weighted by Crippen LogP contribution is -2.43. The molecule has 1 fully saturated rings. The summed E-state index contributed by atoms with van der Waals surface area (Å²) in [4.78, 5) is 14.2. The monoisotopic (exact) mass is 348 g/mol. The number of ether oxygens (including phenoxy) is 1. The van der Waals surface area contributed by atoms with E-state index in [1.54, 1.807) is 10.7 Å². The number of nitrogen functional groups attached to an aromatic ring is 1. The number of likely N-dealkylation sites (tertiary alicyclic amines) is 1. The molecule has 0 bridgehead atoms. The Morgan fingerprint density at radius 2 is 2.08 bits per heavy atom. The maximum absolute atomic E-state index is 12.4. The molecule has 24 heavy (non-hydrogen) atoms. The van der Waals surface area contributed by atoms with Crippen LogP contribution in [0.25, 0.3) is 0 Å². The third kappa shape index (κ3) is 3.82. The summed E-state index contributed by atoms with van der Waals surface area (Å²) in [6.07, 6.45) is 1.64. The predicted molar refractivity (Wildman–Crippen MR) is 93.1 cm³/mol. The molecule has 0 aliphatic carbocycles. The van der Waals surface area contributed by atoms with Gasteiger partial charge in [0.15, 0.2) is 0 Å². The highest BCUT2D eigenvalue weighted by Crippen LogP contribution is 2.26. The van der Waals surface area contributed by atoms with E-state index in [-0.39, 0.29) is 18.6 Å². The Labute approximate surface area is 146 Å². The van der Waals surface area contributed by atoms with Crippen molar-refractivity contribution in [3.8, 4) is 5.75 Å². The molecule has 0 spiro atoms. The molecule has 7 heteroatoms. The summed E-state index contributed by atoms with van der Waals surface area (Å²) >= 11 is 6.12. The van der Waals surface area contributed by atoms with E-state index in [2.05, 4.69) is 5.10 Å². The van der Waals surface area contributed by atoms with Crippen LogP contribution in [-0.4, -0.2) is 39.8 Å². The molecule has 2 aromatic rings. The van der Waals surface area contributed by atoms with Crippen molar-refractivity contribution in [2.45, 2.75) is 32.4 Å². The van der Waals surface area contributed by atoms with Gasteiger partial charge in [-0.2, -0.15) is 5.10 Å². The van der Waals surface area contributed by atoms with Gasteiger partial charge in [0.25, 0.3) is 0 Å². The maximum Gasteiger partial charge on any atom is 0.244 e. The fourth-order valence-electron chi connectivity index (χ4n) is 2.86. The van der Waals surface area contributed by atoms with Crippen molar-refractivity contribution in [3.05, 3.63) is 41.0 Å². The summed E-state index contributed by atoms with van der Waals surface area (Å²) in [5.74, 6) is 1.24. The Bertz CT molecular complexity index is 723. The van der Waals surface area contributed by atoms with Gasteiger partial charge in [0.1, 0.15) is 24.2 Å². The maximum atomic E-state index is 12.4. The summed E-state index contributed by atoms with van der Waals surface area (Å²) in [5, 5.41) is 4.84. The number of halogens is 1. The molecule has 1 aromatic carbocycles. The van der Waals surface area contributed by atoms with Crippen LogP contribution in [0.1, 0.15) is 18.5 Å². The number of benzene rings is 1. The van der Waals surface area contributed by atoms with Crippen LogP contribution in [0.2, 0.25) is 5.02 Å². The zero-order chi connectivity index (χ0) is 17.1. The first kappa shape index (κ1) is 16.6. The molecule has 6 nitrogen and oxygen atoms in total. The number of carbonyl (C=O) groups excluding carboxylic acids is 1. The van der Waals surface area contributed by atoms with Crippen LogP contribution in [0.4, 0.5) is 5.82 Å². The van der Waals surface area contributed by atoms with Crippen LogP contribution >= 0.6 is 11.6 Å². The van der Waals surface area contributed by atoms with Crippen molar-refractivity contribution in [2.24, 2.45) is 0 Å². The van der Waals surface area contributed by atoms with E-state index in [1.807, 2.05) is 36.1 Å². The van der Waals surface area contributed by atoms with Gasteiger partial charge in [-0.15, -0.1) is 0 Å². The van der Waals surface area contributed by atoms with Gasteiger partial charge in [-0.25, -0.2) is 4.68 Å². The molecule has 3 rings (SSSR count). The van der Waals surface area contributed by atoms with E-state index in [9.17, 15) is 4.79 Å². The second-order valence-corrected chi connectivity index (χ2v) is 6.40. The number of amides is 1. The summed E-state index contributed by atoms with van der Waals surface area (Å²) in [5.41, 5.74) is 6.65. The molecule has 1 aliphatic heterocycles. The molecule has 0 unspecified atom stereocenters. The fraction of sp³-hybridized carbons (Fsp3) is 0.412. The van der Waals surface area contributed by atoms with Gasteiger partial charge in [-0.05, 0) is 19.1 Å². The molecule has 1 amide bonds. The van der Waals surface area contributed by atoms with Gasteiger partial charge < -0.3 is 15.4 Å². The topological polar surface area (TPSA) is 73.4 Å². The number of aromatic nitrogens is 2. The molecule has 1 aromatic heterocycles. The highest BCUT2D eigenvalue weighted by Gasteiger charge is 2.25. The summed E-state index contributed by atoms with van der Waals surface area (Å²) in [6, 6.07) is 9.21. The van der Waals surface area contributed by atoms with Gasteiger partial charge in [0, 0.05) is 32.0 Å². The lowest BCUT2D eigenvalue weighted by atomic mass is 10.1. The Hall–Kier alpha value is -2.21. The summed E-state index contributed by atoms with van der Waals surface area (Å²) in [6.45, 7) is 3.35. The Kier molecular flexibility index (Phi) is 4.94. The Morgan fingerprint density at radius 1 is 1.38 bits per heavy atom. The van der Waals surface area contributed by atoms with Crippen LogP contribution in [0, 0.1) is 6.92 Å². The highest BCUT2D eigenvalue weighted by atomic mass is 35.5. The molecule has 1 saturated heterocycles. The van der Waals surface area contributed by atoms with Crippen LogP contribution < -0.4 is 10.5 Å². The standard InChI is InChI=1S/C17H21ClN4O2/c1-12-10-16(19)22(20-12)11-17(23)21-8-6-13(7-9-21)24-15-5-3-2-4-14(15)18/h2-5,10,13H,6-9,11,19H2,1H3. The zero-order valence-electron chi connectivity index (χ0n) is 13.6. The first-order valence-electron chi connectivity index (χ1n) is 8.02. The molecule has 1 aliphatic rings. The van der Waals surface area contributed by atoms with Crippen LogP contribution in [0.5, 0.6) is 5.75 Å². The molecule has 2 N–H and O–H groups in total. The lowest BCUT2D eigenvalue weighted by Gasteiger charge is -2.32. The predicted octanol–water partition coefficient (Wildman–Crippen LogP) is 2.50. The normalized spacial score (nSPS) is 15.5. The lowest BCUT2D eigenvalue weighted by molar-refractivity contribution is -0.133. The number of hydrogen-bond donors (Lipinski definition) is 1. The van der Waals surface area contributed by atoms with Gasteiger partial charge >= 0.3 is 0 Å². The summed E-state index contributed by atoms with van der Waals surface area (Å²) < 4.78 is 7.49. The Balaban J connectivity index is 1.52. The average Bonchev–Trinajstić information content (AvgIpc) is 2.88. The number of anilines is 1. The molecular formula is C17H21ClN4O2. The molecule has 0 radical (unpaired) electrons. The zero-order valence-corrected chi connectivity index (χ0v) is 14.4. The largest absolute Gasteiger partial charge is 0.489 e. The molecule has 0 atom stereocenters. The van der Waals surface area contributed by atoms with Gasteiger partial charge in [-0.3, -0.25) is 4.79 Å². The van der Waals surface area contributed by atoms with Crippen molar-refractivity contribution in [2.75, 3.05) is 18.8 Å². The first-order valence-corrected chi connectivity index (χ1v) is 8.39. The van der Waals surface area contributed by atoms with E-state index < -0.39 is 0 Å². The van der Waals surface area contributed by atoms with E-state index in [0.717, 1.165) is 18.5 Å². The van der Waals surface area contributed by atoms with Gasteiger partial charge in [0.05, 0.1) is 10.7 Å². The number of nitrogens with zero attached hydrogens (tertiary/aromatic N) is 3. The van der Waals surface area contributed by atoms with Crippen molar-refractivity contribution >= 4 is 23.3 Å². The number of nitrogens with two attached hydrogens (primary N) is 1. The molecule has 2 heterocycles. The molecular weight excluding hydrogens is 328 g/mol. The second-order valence-electron chi connectivity index (χ2n) is 6.00. The number of piperidine rings is 1. The third-order valence-corrected chi connectivity index (χ3v) is 4.46. The number of para-hydroxylation sites is 1. The van der Waals surface area contributed by atoms with Crippen molar-refractivity contribution in [1.29, 1.82) is 0 Å². The van der Waals surface area contributed by atoms with Crippen molar-refractivity contribution in [3.63, 3.8) is 0 Å². The quantitative estimate of drug-likeness (QED) is 0.921. The number of hydrogen-bond acceptors (Lipinski definition) is 4. The minimum Gasteiger partial charge on any atom is -0.489 e. The van der Waals surface area contributed by atoms with Crippen LogP contribution in [-0.2, 0) is 11.3 Å². The third-order valence-electron chi connectivity index (χ3n) is 4.14. The smallest absolute Gasteiger partial charge is 0.244 e. The fourth-order valence-corrected chi connectivity index (χ4v) is 3.04. The van der Waals surface area contributed by atoms with E-state index in [1.165, 1.54) is 0 Å². The van der Waals surface area contributed by atoms with Gasteiger partial charge in [0.2, 0.25) is 5.91 Å².